The van der Waals surface area contributed by atoms with Crippen LogP contribution in [0.5, 0.6) is 0 Å². The van der Waals surface area contributed by atoms with Crippen molar-refractivity contribution in [3.05, 3.63) is 0 Å². The number of rotatable bonds is 10. The van der Waals surface area contributed by atoms with Gasteiger partial charge in [0.2, 0.25) is 5.91 Å². The van der Waals surface area contributed by atoms with Crippen molar-refractivity contribution in [3.8, 4) is 0 Å². The maximum absolute atomic E-state index is 12.6. The van der Waals surface area contributed by atoms with E-state index in [1.54, 1.807) is 0 Å². The molecule has 0 heterocycles. The number of unbranched alkanes of at least 4 members (excludes halogenated alkanes) is 2. The van der Waals surface area contributed by atoms with Gasteiger partial charge in [0.15, 0.2) is 0 Å². The molecule has 0 aliphatic heterocycles. The highest BCUT2D eigenvalue weighted by Gasteiger charge is 2.26. The van der Waals surface area contributed by atoms with E-state index in [1.807, 2.05) is 20.8 Å². The quantitative estimate of drug-likeness (QED) is 0.515. The highest BCUT2D eigenvalue weighted by Crippen LogP contribution is 2.12. The Morgan fingerprint density at radius 1 is 0.769 bits per heavy atom. The van der Waals surface area contributed by atoms with Crippen molar-refractivity contribution in [2.75, 3.05) is 6.54 Å². The Morgan fingerprint density at radius 2 is 1.35 bits per heavy atom. The molecule has 0 aliphatic rings. The Labute approximate surface area is 161 Å². The van der Waals surface area contributed by atoms with E-state index in [1.165, 1.54) is 0 Å². The Morgan fingerprint density at radius 3 is 1.81 bits per heavy atom. The van der Waals surface area contributed by atoms with E-state index >= 15 is 0 Å². The van der Waals surface area contributed by atoms with Crippen molar-refractivity contribution < 1.29 is 9.59 Å². The van der Waals surface area contributed by atoms with Crippen LogP contribution in [0, 0.1) is 0 Å². The van der Waals surface area contributed by atoms with Crippen LogP contribution in [0.4, 0.5) is 0 Å². The lowest BCUT2D eigenvalue weighted by atomic mass is 10.00. The molecule has 26 heavy (non-hydrogen) atoms. The van der Waals surface area contributed by atoms with Crippen LogP contribution in [0.15, 0.2) is 0 Å². The van der Waals surface area contributed by atoms with Gasteiger partial charge in [-0.15, -0.1) is 0 Å². The SMILES string of the molecule is CC(C)(C)NCC(=O)CCCCCC(NC(C)(C)C)C(=O)NC(C)(C)C. The highest BCUT2D eigenvalue weighted by molar-refractivity contribution is 5.82. The summed E-state index contributed by atoms with van der Waals surface area (Å²) in [5.74, 6) is 0.313. The van der Waals surface area contributed by atoms with Gasteiger partial charge in [0.1, 0.15) is 5.78 Å². The summed E-state index contributed by atoms with van der Waals surface area (Å²) in [5.41, 5.74) is -0.377. The second-order valence-corrected chi connectivity index (χ2v) is 10.4. The van der Waals surface area contributed by atoms with Gasteiger partial charge in [0, 0.05) is 23.0 Å². The predicted molar refractivity (Wildman–Crippen MR) is 110 cm³/mol. The molecule has 1 amide bonds. The topological polar surface area (TPSA) is 70.2 Å². The number of carbonyl (C=O) groups is 2. The Hall–Kier alpha value is -0.940. The normalized spacial score (nSPS) is 14.2. The maximum atomic E-state index is 12.6. The average molecular weight is 370 g/mol. The minimum atomic E-state index is -0.235. The molecule has 5 heteroatoms. The van der Waals surface area contributed by atoms with E-state index in [0.717, 1.165) is 25.7 Å². The molecule has 0 saturated carbocycles. The van der Waals surface area contributed by atoms with Gasteiger partial charge in [-0.1, -0.05) is 12.8 Å². The molecule has 1 atom stereocenters. The standard InChI is InChI=1S/C21H43N3O2/c1-19(2,3)22-15-16(25)13-11-10-12-14-17(23-20(4,5)6)18(26)24-21(7,8)9/h17,22-23H,10-15H2,1-9H3,(H,24,26). The molecule has 0 fully saturated rings. The molecule has 0 aromatic carbocycles. The fourth-order valence-corrected chi connectivity index (χ4v) is 2.55. The van der Waals surface area contributed by atoms with Gasteiger partial charge < -0.3 is 16.0 Å². The monoisotopic (exact) mass is 369 g/mol. The lowest BCUT2D eigenvalue weighted by Gasteiger charge is -2.31. The van der Waals surface area contributed by atoms with Crippen molar-refractivity contribution in [3.63, 3.8) is 0 Å². The number of Topliss-reactive ketones (excluding diaryl/α,β-unsaturated/α-hetero) is 1. The van der Waals surface area contributed by atoms with Crippen LogP contribution < -0.4 is 16.0 Å². The zero-order chi connectivity index (χ0) is 20.6. The summed E-state index contributed by atoms with van der Waals surface area (Å²) in [5, 5.41) is 9.72. The van der Waals surface area contributed by atoms with Gasteiger partial charge in [0.05, 0.1) is 12.6 Å². The zero-order valence-corrected chi connectivity index (χ0v) is 18.6. The minimum Gasteiger partial charge on any atom is -0.350 e. The smallest absolute Gasteiger partial charge is 0.237 e. The van der Waals surface area contributed by atoms with E-state index in [0.29, 0.717) is 13.0 Å². The van der Waals surface area contributed by atoms with Crippen molar-refractivity contribution in [2.45, 2.75) is 117 Å². The van der Waals surface area contributed by atoms with Crippen LogP contribution in [0.3, 0.4) is 0 Å². The molecule has 1 unspecified atom stereocenters. The summed E-state index contributed by atoms with van der Waals surface area (Å²) >= 11 is 0. The first kappa shape index (κ1) is 25.1. The van der Waals surface area contributed by atoms with E-state index in [2.05, 4.69) is 57.5 Å². The lowest BCUT2D eigenvalue weighted by molar-refractivity contribution is -0.125. The van der Waals surface area contributed by atoms with Crippen molar-refractivity contribution in [2.24, 2.45) is 0 Å². The Kier molecular flexibility index (Phi) is 10.0. The zero-order valence-electron chi connectivity index (χ0n) is 18.6. The first-order valence-electron chi connectivity index (χ1n) is 9.95. The van der Waals surface area contributed by atoms with E-state index < -0.39 is 0 Å². The van der Waals surface area contributed by atoms with Crippen molar-refractivity contribution >= 4 is 11.7 Å². The maximum Gasteiger partial charge on any atom is 0.237 e. The first-order valence-corrected chi connectivity index (χ1v) is 9.95. The largest absolute Gasteiger partial charge is 0.350 e. The van der Waals surface area contributed by atoms with Gasteiger partial charge in [-0.3, -0.25) is 9.59 Å². The molecule has 0 aromatic rings. The second-order valence-electron chi connectivity index (χ2n) is 10.4. The number of hydrogen-bond acceptors (Lipinski definition) is 4. The molecular weight excluding hydrogens is 326 g/mol. The molecule has 0 radical (unpaired) electrons. The molecule has 0 aromatic heterocycles. The molecule has 0 bridgehead atoms. The van der Waals surface area contributed by atoms with Crippen molar-refractivity contribution in [1.29, 1.82) is 0 Å². The molecule has 154 valence electrons. The van der Waals surface area contributed by atoms with Crippen LogP contribution in [0.1, 0.15) is 94.4 Å². The van der Waals surface area contributed by atoms with Crippen LogP contribution in [0.2, 0.25) is 0 Å². The van der Waals surface area contributed by atoms with Gasteiger partial charge in [0.25, 0.3) is 0 Å². The van der Waals surface area contributed by atoms with Crippen LogP contribution in [-0.4, -0.2) is 40.9 Å². The fraction of sp³-hybridized carbons (Fsp3) is 0.905. The Balaban J connectivity index is 4.29. The molecule has 0 saturated heterocycles. The number of hydrogen-bond donors (Lipinski definition) is 3. The van der Waals surface area contributed by atoms with Crippen LogP contribution >= 0.6 is 0 Å². The number of nitrogens with one attached hydrogen (secondary N) is 3. The van der Waals surface area contributed by atoms with Crippen LogP contribution in [0.25, 0.3) is 0 Å². The number of amides is 1. The Bertz CT molecular complexity index is 440. The van der Waals surface area contributed by atoms with Crippen LogP contribution in [-0.2, 0) is 9.59 Å². The van der Waals surface area contributed by atoms with Gasteiger partial charge in [-0.05, 0) is 75.2 Å². The lowest BCUT2D eigenvalue weighted by Crippen LogP contribution is -2.55. The third-order valence-corrected chi connectivity index (χ3v) is 3.69. The third-order valence-electron chi connectivity index (χ3n) is 3.69. The molecule has 0 aliphatic carbocycles. The summed E-state index contributed by atoms with van der Waals surface area (Å²) in [6, 6.07) is -0.201. The average Bonchev–Trinajstić information content (AvgIpc) is 2.39. The summed E-state index contributed by atoms with van der Waals surface area (Å²) in [7, 11) is 0. The van der Waals surface area contributed by atoms with Gasteiger partial charge in [-0.2, -0.15) is 0 Å². The second kappa shape index (κ2) is 10.4. The molecule has 0 spiro atoms. The molecule has 3 N–H and O–H groups in total. The first-order chi connectivity index (χ1) is 11.6. The predicted octanol–water partition coefficient (Wildman–Crippen LogP) is 3.57. The summed E-state index contributed by atoms with van der Waals surface area (Å²) in [4.78, 5) is 24.5. The number of ketones is 1. The van der Waals surface area contributed by atoms with E-state index in [4.69, 9.17) is 0 Å². The third kappa shape index (κ3) is 15.3. The van der Waals surface area contributed by atoms with Crippen molar-refractivity contribution in [1.82, 2.24) is 16.0 Å². The summed E-state index contributed by atoms with van der Waals surface area (Å²) in [6.45, 7) is 18.8. The number of carbonyl (C=O) groups excluding carboxylic acids is 2. The molecule has 5 nitrogen and oxygen atoms in total. The highest BCUT2D eigenvalue weighted by atomic mass is 16.2. The molecular formula is C21H43N3O2. The summed E-state index contributed by atoms with van der Waals surface area (Å²) < 4.78 is 0. The fourth-order valence-electron chi connectivity index (χ4n) is 2.55. The summed E-state index contributed by atoms with van der Waals surface area (Å²) in [6.07, 6.45) is 4.17. The van der Waals surface area contributed by atoms with E-state index in [-0.39, 0.29) is 34.3 Å². The van der Waals surface area contributed by atoms with E-state index in [9.17, 15) is 9.59 Å². The van der Waals surface area contributed by atoms with Gasteiger partial charge in [-0.25, -0.2) is 0 Å². The minimum absolute atomic E-state index is 0.0259. The van der Waals surface area contributed by atoms with Gasteiger partial charge >= 0.3 is 0 Å². The molecule has 0 rings (SSSR count).